The number of hydrogen-bond donors (Lipinski definition) is 0. The number of carbonyl (C=O) groups is 2. The summed E-state index contributed by atoms with van der Waals surface area (Å²) in [5.41, 5.74) is 0.110. The van der Waals surface area contributed by atoms with E-state index in [2.05, 4.69) is 57.5 Å². The normalized spacial score (nSPS) is 45.8. The second kappa shape index (κ2) is 9.49. The number of halogens is 1. The molecule has 0 aromatic heterocycles. The molecule has 0 spiro atoms. The summed E-state index contributed by atoms with van der Waals surface area (Å²) in [6.07, 6.45) is 11.0. The molecule has 10 unspecified atom stereocenters. The third kappa shape index (κ3) is 4.14. The Morgan fingerprint density at radius 3 is 2.35 bits per heavy atom. The molecule has 0 N–H and O–H groups in total. The van der Waals surface area contributed by atoms with Gasteiger partial charge in [-0.2, -0.15) is 0 Å². The van der Waals surface area contributed by atoms with Crippen LogP contribution in [0.4, 0.5) is 0 Å². The highest BCUT2D eigenvalue weighted by Crippen LogP contribution is 2.71. The third-order valence-corrected chi connectivity index (χ3v) is 13.7. The van der Waals surface area contributed by atoms with Gasteiger partial charge in [0.2, 0.25) is 0 Å². The van der Waals surface area contributed by atoms with E-state index in [0.29, 0.717) is 35.4 Å². The molecule has 0 saturated heterocycles. The first-order valence-corrected chi connectivity index (χ1v) is 15.0. The van der Waals surface area contributed by atoms with Crippen LogP contribution in [-0.4, -0.2) is 22.2 Å². The Morgan fingerprint density at radius 2 is 1.71 bits per heavy atom. The van der Waals surface area contributed by atoms with Gasteiger partial charge in [-0.1, -0.05) is 70.3 Å². The molecule has 0 aliphatic heterocycles. The highest BCUT2D eigenvalue weighted by molar-refractivity contribution is 9.10. The van der Waals surface area contributed by atoms with Crippen molar-refractivity contribution in [1.82, 2.24) is 0 Å². The Balaban J connectivity index is 1.54. The predicted molar refractivity (Wildman–Crippen MR) is 142 cm³/mol. The summed E-state index contributed by atoms with van der Waals surface area (Å²) >= 11 is 4.23. The zero-order valence-electron chi connectivity index (χ0n) is 22.8. The van der Waals surface area contributed by atoms with Crippen LogP contribution in [-0.2, 0) is 14.3 Å². The number of esters is 1. The van der Waals surface area contributed by atoms with Gasteiger partial charge in [0.25, 0.3) is 0 Å². The second-order valence-electron chi connectivity index (χ2n) is 13.7. The number of hydrogen-bond acceptors (Lipinski definition) is 3. The molecule has 194 valence electrons. The number of carbonyl (C=O) groups excluding carboxylic acids is 2. The van der Waals surface area contributed by atoms with Crippen LogP contribution in [0, 0.1) is 52.3 Å². The van der Waals surface area contributed by atoms with Crippen molar-refractivity contribution in [3.8, 4) is 0 Å². The first-order chi connectivity index (χ1) is 15.8. The van der Waals surface area contributed by atoms with Crippen LogP contribution in [0.15, 0.2) is 0 Å². The fourth-order valence-electron chi connectivity index (χ4n) is 9.31. The van der Waals surface area contributed by atoms with Crippen LogP contribution < -0.4 is 0 Å². The highest BCUT2D eigenvalue weighted by Gasteiger charge is 2.70. The average Bonchev–Trinajstić information content (AvgIpc) is 3.09. The number of rotatable bonds is 6. The Bertz CT molecular complexity index is 794. The summed E-state index contributed by atoms with van der Waals surface area (Å²) in [5, 5.41) is 0. The van der Waals surface area contributed by atoms with Gasteiger partial charge in [0.1, 0.15) is 6.10 Å². The zero-order valence-corrected chi connectivity index (χ0v) is 24.4. The molecule has 4 fully saturated rings. The lowest BCUT2D eigenvalue weighted by Crippen LogP contribution is -2.67. The first-order valence-electron chi connectivity index (χ1n) is 14.2. The van der Waals surface area contributed by atoms with E-state index in [4.69, 9.17) is 4.74 Å². The van der Waals surface area contributed by atoms with E-state index in [-0.39, 0.29) is 22.9 Å². The van der Waals surface area contributed by atoms with Gasteiger partial charge < -0.3 is 4.74 Å². The van der Waals surface area contributed by atoms with Gasteiger partial charge in [-0.15, -0.1) is 0 Å². The van der Waals surface area contributed by atoms with Crippen LogP contribution >= 0.6 is 15.9 Å². The summed E-state index contributed by atoms with van der Waals surface area (Å²) in [5.74, 6) is 4.72. The van der Waals surface area contributed by atoms with Gasteiger partial charge in [0.05, 0.1) is 4.32 Å². The maximum absolute atomic E-state index is 14.2. The van der Waals surface area contributed by atoms with E-state index in [1.165, 1.54) is 32.6 Å². The molecule has 4 saturated carbocycles. The Kier molecular flexibility index (Phi) is 7.45. The van der Waals surface area contributed by atoms with Crippen LogP contribution in [0.2, 0.25) is 0 Å². The monoisotopic (exact) mass is 536 g/mol. The molecule has 4 rings (SSSR count). The van der Waals surface area contributed by atoms with E-state index in [1.54, 1.807) is 0 Å². The van der Waals surface area contributed by atoms with Gasteiger partial charge in [-0.25, -0.2) is 0 Å². The minimum atomic E-state index is -0.404. The van der Waals surface area contributed by atoms with E-state index < -0.39 is 4.32 Å². The number of ketones is 1. The standard InChI is InChI=1S/C30H49BrO3/c1-18(2)19(3)8-9-20(4)24-12-13-25-26-11-10-22-16-23(34-21(5)32)14-15-29(22,7)30(26,31)27(33)17-28(24,25)6/h18-20,22-26H,8-17H2,1-7H3. The molecule has 4 heteroatoms. The summed E-state index contributed by atoms with van der Waals surface area (Å²) in [6.45, 7) is 15.9. The Morgan fingerprint density at radius 1 is 1.03 bits per heavy atom. The van der Waals surface area contributed by atoms with Crippen LogP contribution in [0.3, 0.4) is 0 Å². The molecule has 34 heavy (non-hydrogen) atoms. The molecule has 0 aromatic rings. The molecule has 3 nitrogen and oxygen atoms in total. The summed E-state index contributed by atoms with van der Waals surface area (Å²) < 4.78 is 5.22. The van der Waals surface area contributed by atoms with Gasteiger partial charge in [0.15, 0.2) is 5.78 Å². The van der Waals surface area contributed by atoms with Crippen LogP contribution in [0.1, 0.15) is 113 Å². The van der Waals surface area contributed by atoms with Crippen LogP contribution in [0.25, 0.3) is 0 Å². The van der Waals surface area contributed by atoms with Crippen LogP contribution in [0.5, 0.6) is 0 Å². The van der Waals surface area contributed by atoms with E-state index in [9.17, 15) is 9.59 Å². The fourth-order valence-corrected chi connectivity index (χ4v) is 10.5. The maximum Gasteiger partial charge on any atom is 0.302 e. The maximum atomic E-state index is 14.2. The summed E-state index contributed by atoms with van der Waals surface area (Å²) in [4.78, 5) is 25.8. The highest BCUT2D eigenvalue weighted by atomic mass is 79.9. The predicted octanol–water partition coefficient (Wildman–Crippen LogP) is 7.98. The number of alkyl halides is 1. The Labute approximate surface area is 217 Å². The lowest BCUT2D eigenvalue weighted by atomic mass is 9.44. The summed E-state index contributed by atoms with van der Waals surface area (Å²) in [6, 6.07) is 0. The van der Waals surface area contributed by atoms with Gasteiger partial charge in [0, 0.05) is 13.3 Å². The number of fused-ring (bicyclic) bond motifs is 5. The fraction of sp³-hybridized carbons (Fsp3) is 0.933. The molecule has 0 radical (unpaired) electrons. The molecule has 4 aliphatic rings. The molecule has 0 aromatic carbocycles. The third-order valence-electron chi connectivity index (χ3n) is 11.8. The molecule has 0 heterocycles. The molecular formula is C30H49BrO3. The van der Waals surface area contributed by atoms with Crippen molar-refractivity contribution in [3.63, 3.8) is 0 Å². The van der Waals surface area contributed by atoms with Crippen molar-refractivity contribution >= 4 is 27.7 Å². The van der Waals surface area contributed by atoms with Crippen molar-refractivity contribution in [2.24, 2.45) is 52.3 Å². The molecular weight excluding hydrogens is 488 g/mol. The quantitative estimate of drug-likeness (QED) is 0.255. The lowest BCUT2D eigenvalue weighted by Gasteiger charge is -2.64. The average molecular weight is 538 g/mol. The van der Waals surface area contributed by atoms with Gasteiger partial charge >= 0.3 is 5.97 Å². The summed E-state index contributed by atoms with van der Waals surface area (Å²) in [7, 11) is 0. The number of ether oxygens (including phenoxy) is 1. The van der Waals surface area contributed by atoms with Crippen molar-refractivity contribution < 1.29 is 14.3 Å². The SMILES string of the molecule is CC(=O)OC1CCC2(C)C(CCC3C4CCC(C(C)CCC(C)C(C)C)C4(C)CC(=O)C32Br)C1. The zero-order chi connectivity index (χ0) is 25.1. The van der Waals surface area contributed by atoms with Gasteiger partial charge in [-0.3, -0.25) is 9.59 Å². The molecule has 0 amide bonds. The smallest absolute Gasteiger partial charge is 0.302 e. The largest absolute Gasteiger partial charge is 0.463 e. The number of Topliss-reactive ketones (excluding diaryl/α,β-unsaturated/α-hetero) is 1. The molecule has 0 bridgehead atoms. The van der Waals surface area contributed by atoms with Gasteiger partial charge in [-0.05, 0) is 97.2 Å². The van der Waals surface area contributed by atoms with E-state index in [0.717, 1.165) is 50.4 Å². The minimum absolute atomic E-state index is 0.0251. The second-order valence-corrected chi connectivity index (χ2v) is 14.9. The topological polar surface area (TPSA) is 43.4 Å². The first kappa shape index (κ1) is 26.7. The van der Waals surface area contributed by atoms with E-state index in [1.807, 2.05) is 0 Å². The molecule has 4 aliphatic carbocycles. The van der Waals surface area contributed by atoms with Crippen molar-refractivity contribution in [1.29, 1.82) is 0 Å². The van der Waals surface area contributed by atoms with Crippen molar-refractivity contribution in [2.45, 2.75) is 123 Å². The Hall–Kier alpha value is -0.380. The lowest BCUT2D eigenvalue weighted by molar-refractivity contribution is -0.163. The van der Waals surface area contributed by atoms with Crippen molar-refractivity contribution in [3.05, 3.63) is 0 Å². The minimum Gasteiger partial charge on any atom is -0.463 e. The molecule has 10 atom stereocenters. The van der Waals surface area contributed by atoms with Crippen molar-refractivity contribution in [2.75, 3.05) is 0 Å². The van der Waals surface area contributed by atoms with E-state index >= 15 is 0 Å².